The first-order chi connectivity index (χ1) is 14.6. The molecule has 0 fully saturated rings. The molecule has 0 radical (unpaired) electrons. The maximum atomic E-state index is 14.4. The number of carbonyl (C=O) groups excluding carboxylic acids is 2. The lowest BCUT2D eigenvalue weighted by Crippen LogP contribution is -2.17. The van der Waals surface area contributed by atoms with Gasteiger partial charge in [-0.2, -0.15) is 0 Å². The molecule has 3 aromatic rings. The number of rotatable bonds is 6. The average Bonchev–Trinajstić information content (AvgIpc) is 2.78. The zero-order valence-electron chi connectivity index (χ0n) is 15.9. The molecule has 6 heteroatoms. The number of benzene rings is 3. The summed E-state index contributed by atoms with van der Waals surface area (Å²) in [6.07, 6.45) is 5.66. The summed E-state index contributed by atoms with van der Waals surface area (Å²) < 4.78 is 14.4. The van der Waals surface area contributed by atoms with Crippen LogP contribution in [0.5, 0.6) is 0 Å². The van der Waals surface area contributed by atoms with Gasteiger partial charge in [-0.25, -0.2) is 9.87 Å². The second kappa shape index (κ2) is 9.95. The van der Waals surface area contributed by atoms with E-state index in [2.05, 4.69) is 5.32 Å². The highest BCUT2D eigenvalue weighted by atomic mass is 19.1. The van der Waals surface area contributed by atoms with E-state index >= 15 is 0 Å². The van der Waals surface area contributed by atoms with Crippen molar-refractivity contribution < 1.29 is 19.2 Å². The Morgan fingerprint density at radius 3 is 2.37 bits per heavy atom. The largest absolute Gasteiger partial charge is 0.329 e. The van der Waals surface area contributed by atoms with E-state index in [1.807, 2.05) is 30.3 Å². The Kier molecular flexibility index (Phi) is 6.87. The maximum absolute atomic E-state index is 14.4. The second-order valence-corrected chi connectivity index (χ2v) is 6.35. The number of nitrogens with one attached hydrogen (secondary N) is 2. The topological polar surface area (TPSA) is 78.4 Å². The average molecular weight is 402 g/mol. The minimum atomic E-state index is -0.668. The van der Waals surface area contributed by atoms with E-state index in [9.17, 15) is 14.0 Å². The van der Waals surface area contributed by atoms with Gasteiger partial charge in [0.1, 0.15) is 5.82 Å². The molecule has 0 saturated carbocycles. The summed E-state index contributed by atoms with van der Waals surface area (Å²) in [6, 6.07) is 20.7. The smallest absolute Gasteiger partial charge is 0.267 e. The van der Waals surface area contributed by atoms with Gasteiger partial charge in [-0.1, -0.05) is 54.6 Å². The van der Waals surface area contributed by atoms with Gasteiger partial charge in [0.05, 0.1) is 0 Å². The van der Waals surface area contributed by atoms with Crippen LogP contribution < -0.4 is 10.8 Å². The van der Waals surface area contributed by atoms with Crippen molar-refractivity contribution in [3.05, 3.63) is 108 Å². The minimum absolute atomic E-state index is 0.346. The van der Waals surface area contributed by atoms with E-state index in [-0.39, 0.29) is 11.7 Å². The number of carbonyl (C=O) groups is 2. The van der Waals surface area contributed by atoms with Gasteiger partial charge < -0.3 is 5.32 Å². The molecule has 0 unspecified atom stereocenters. The summed E-state index contributed by atoms with van der Waals surface area (Å²) in [5.74, 6) is -1.37. The van der Waals surface area contributed by atoms with Gasteiger partial charge in [0, 0.05) is 23.4 Å². The highest BCUT2D eigenvalue weighted by Gasteiger charge is 2.06. The molecule has 150 valence electrons. The third-order valence-electron chi connectivity index (χ3n) is 4.25. The van der Waals surface area contributed by atoms with Crippen molar-refractivity contribution in [2.75, 3.05) is 0 Å². The first kappa shape index (κ1) is 20.7. The summed E-state index contributed by atoms with van der Waals surface area (Å²) in [7, 11) is 0. The van der Waals surface area contributed by atoms with Crippen molar-refractivity contribution in [3.8, 4) is 11.1 Å². The highest BCUT2D eigenvalue weighted by molar-refractivity contribution is 5.96. The molecule has 0 aromatic heterocycles. The van der Waals surface area contributed by atoms with Crippen molar-refractivity contribution in [1.82, 2.24) is 10.8 Å². The monoisotopic (exact) mass is 402 g/mol. The summed E-state index contributed by atoms with van der Waals surface area (Å²) in [6.45, 7) is 0. The van der Waals surface area contributed by atoms with Crippen LogP contribution in [0.25, 0.3) is 23.3 Å². The van der Waals surface area contributed by atoms with E-state index in [0.29, 0.717) is 22.3 Å². The molecule has 0 heterocycles. The minimum Gasteiger partial charge on any atom is -0.329 e. The molecule has 0 bridgehead atoms. The summed E-state index contributed by atoms with van der Waals surface area (Å²) in [5.41, 5.74) is 4.41. The van der Waals surface area contributed by atoms with Crippen LogP contribution in [-0.4, -0.2) is 17.0 Å². The Labute approximate surface area is 173 Å². The van der Waals surface area contributed by atoms with Crippen LogP contribution in [0.15, 0.2) is 85.1 Å². The fraction of sp³-hybridized carbons (Fsp3) is 0. The van der Waals surface area contributed by atoms with Gasteiger partial charge in [0.2, 0.25) is 0 Å². The SMILES string of the molecule is O=C(C=Cc1cccc(C(=O)NC=Cc2ccc(-c3ccccc3)c(F)c2)c1)NO. The van der Waals surface area contributed by atoms with Crippen molar-refractivity contribution in [2.45, 2.75) is 0 Å². The fourth-order valence-corrected chi connectivity index (χ4v) is 2.78. The lowest BCUT2D eigenvalue weighted by molar-refractivity contribution is -0.124. The van der Waals surface area contributed by atoms with Gasteiger partial charge in [0.15, 0.2) is 0 Å². The molecule has 0 saturated heterocycles. The molecule has 2 amide bonds. The zero-order valence-corrected chi connectivity index (χ0v) is 15.9. The summed E-state index contributed by atoms with van der Waals surface area (Å²) >= 11 is 0. The molecule has 3 N–H and O–H groups in total. The van der Waals surface area contributed by atoms with Crippen LogP contribution in [0.4, 0.5) is 4.39 Å². The third-order valence-corrected chi connectivity index (χ3v) is 4.25. The first-order valence-corrected chi connectivity index (χ1v) is 9.11. The van der Waals surface area contributed by atoms with E-state index in [0.717, 1.165) is 11.6 Å². The molecule has 3 aromatic carbocycles. The molecule has 5 nitrogen and oxygen atoms in total. The van der Waals surface area contributed by atoms with Crippen LogP contribution in [0, 0.1) is 5.82 Å². The van der Waals surface area contributed by atoms with Crippen LogP contribution in [0.3, 0.4) is 0 Å². The van der Waals surface area contributed by atoms with Gasteiger partial charge >= 0.3 is 0 Å². The third kappa shape index (κ3) is 5.50. The number of halogens is 1. The molecule has 0 spiro atoms. The van der Waals surface area contributed by atoms with Crippen LogP contribution in [0.2, 0.25) is 0 Å². The zero-order chi connectivity index (χ0) is 21.3. The summed E-state index contributed by atoms with van der Waals surface area (Å²) in [4.78, 5) is 23.4. The Hall–Kier alpha value is -4.03. The van der Waals surface area contributed by atoms with E-state index in [4.69, 9.17) is 5.21 Å². The molecule has 0 aliphatic carbocycles. The molecular formula is C24H19FN2O3. The van der Waals surface area contributed by atoms with E-state index < -0.39 is 5.91 Å². The predicted octanol–water partition coefficient (Wildman–Crippen LogP) is 4.41. The van der Waals surface area contributed by atoms with Gasteiger partial charge in [-0.05, 0) is 47.0 Å². The van der Waals surface area contributed by atoms with E-state index in [1.54, 1.807) is 42.5 Å². The Morgan fingerprint density at radius 1 is 0.867 bits per heavy atom. The number of amides is 2. The maximum Gasteiger partial charge on any atom is 0.267 e. The number of hydrogen-bond donors (Lipinski definition) is 3. The second-order valence-electron chi connectivity index (χ2n) is 6.35. The van der Waals surface area contributed by atoms with Crippen LogP contribution in [-0.2, 0) is 4.79 Å². The van der Waals surface area contributed by atoms with Gasteiger partial charge in [0.25, 0.3) is 11.8 Å². The van der Waals surface area contributed by atoms with E-state index in [1.165, 1.54) is 23.8 Å². The lowest BCUT2D eigenvalue weighted by atomic mass is 10.0. The van der Waals surface area contributed by atoms with Crippen LogP contribution >= 0.6 is 0 Å². The van der Waals surface area contributed by atoms with Crippen molar-refractivity contribution >= 4 is 24.0 Å². The predicted molar refractivity (Wildman–Crippen MR) is 114 cm³/mol. The van der Waals surface area contributed by atoms with Crippen molar-refractivity contribution in [3.63, 3.8) is 0 Å². The molecule has 30 heavy (non-hydrogen) atoms. The Morgan fingerprint density at radius 2 is 1.63 bits per heavy atom. The van der Waals surface area contributed by atoms with Crippen molar-refractivity contribution in [2.24, 2.45) is 0 Å². The Balaban J connectivity index is 1.65. The molecular weight excluding hydrogens is 383 g/mol. The lowest BCUT2D eigenvalue weighted by Gasteiger charge is -2.05. The first-order valence-electron chi connectivity index (χ1n) is 9.11. The normalized spacial score (nSPS) is 11.0. The standard InChI is InChI=1S/C24H19FN2O3/c25-22-16-18(9-11-21(22)19-6-2-1-3-7-19)13-14-26-24(29)20-8-4-5-17(15-20)10-12-23(28)27-30/h1-16,30H,(H,26,29)(H,27,28). The van der Waals surface area contributed by atoms with Gasteiger partial charge in [-0.3, -0.25) is 14.8 Å². The molecule has 0 aliphatic rings. The molecule has 3 rings (SSSR count). The van der Waals surface area contributed by atoms with Crippen molar-refractivity contribution in [1.29, 1.82) is 0 Å². The fourth-order valence-electron chi connectivity index (χ4n) is 2.78. The Bertz CT molecular complexity index is 1110. The number of hydroxylamine groups is 1. The molecule has 0 aliphatic heterocycles. The van der Waals surface area contributed by atoms with Crippen LogP contribution in [0.1, 0.15) is 21.5 Å². The molecule has 0 atom stereocenters. The summed E-state index contributed by atoms with van der Waals surface area (Å²) in [5, 5.41) is 11.1. The van der Waals surface area contributed by atoms with Gasteiger partial charge in [-0.15, -0.1) is 0 Å². The quantitative estimate of drug-likeness (QED) is 0.325. The highest BCUT2D eigenvalue weighted by Crippen LogP contribution is 2.23. The number of hydrogen-bond acceptors (Lipinski definition) is 3.